The summed E-state index contributed by atoms with van der Waals surface area (Å²) in [5.41, 5.74) is 1.65. The highest BCUT2D eigenvalue weighted by Gasteiger charge is 2.29. The molecule has 1 N–H and O–H groups in total. The second-order valence-corrected chi connectivity index (χ2v) is 8.34. The Labute approximate surface area is 183 Å². The number of halogens is 2. The van der Waals surface area contributed by atoms with Gasteiger partial charge in [0.25, 0.3) is 0 Å². The second-order valence-electron chi connectivity index (χ2n) is 7.20. The van der Waals surface area contributed by atoms with Gasteiger partial charge in [0.2, 0.25) is 5.13 Å². The zero-order valence-corrected chi connectivity index (χ0v) is 18.0. The van der Waals surface area contributed by atoms with Gasteiger partial charge < -0.3 is 15.1 Å². The monoisotopic (exact) mass is 445 g/mol. The van der Waals surface area contributed by atoms with Crippen molar-refractivity contribution in [3.05, 3.63) is 70.8 Å². The Morgan fingerprint density at radius 1 is 1.27 bits per heavy atom. The normalized spacial score (nSPS) is 16.6. The average Bonchev–Trinajstić information content (AvgIpc) is 3.20. The molecule has 4 rings (SSSR count). The first-order valence-electron chi connectivity index (χ1n) is 9.64. The predicted molar refractivity (Wildman–Crippen MR) is 118 cm³/mol. The first-order chi connectivity index (χ1) is 14.5. The van der Waals surface area contributed by atoms with Crippen LogP contribution in [0.4, 0.5) is 20.0 Å². The zero-order chi connectivity index (χ0) is 21.1. The van der Waals surface area contributed by atoms with Gasteiger partial charge in [0, 0.05) is 49.3 Å². The van der Waals surface area contributed by atoms with E-state index in [1.54, 1.807) is 4.90 Å². The minimum Gasteiger partial charge on any atom is -0.343 e. The van der Waals surface area contributed by atoms with E-state index in [0.717, 1.165) is 11.0 Å². The molecule has 0 bridgehead atoms. The van der Waals surface area contributed by atoms with Gasteiger partial charge >= 0.3 is 6.03 Å². The fraction of sp³-hybridized carbons (Fsp3) is 0.286. The summed E-state index contributed by atoms with van der Waals surface area (Å²) in [6.07, 6.45) is 0.704. The molecule has 1 saturated heterocycles. The van der Waals surface area contributed by atoms with E-state index in [2.05, 4.69) is 31.7 Å². The number of nitrogens with zero attached hydrogens (tertiary/aromatic N) is 4. The van der Waals surface area contributed by atoms with Crippen LogP contribution in [0.2, 0.25) is 5.02 Å². The molecule has 0 radical (unpaired) electrons. The van der Waals surface area contributed by atoms with Gasteiger partial charge in [0.05, 0.1) is 5.02 Å². The van der Waals surface area contributed by atoms with E-state index in [9.17, 15) is 9.18 Å². The fourth-order valence-corrected chi connectivity index (χ4v) is 4.33. The van der Waals surface area contributed by atoms with Crippen molar-refractivity contribution in [3.63, 3.8) is 0 Å². The third-order valence-corrected chi connectivity index (χ3v) is 6.10. The molecule has 6 nitrogen and oxygen atoms in total. The van der Waals surface area contributed by atoms with Crippen molar-refractivity contribution >= 4 is 40.0 Å². The first kappa shape index (κ1) is 20.6. The van der Waals surface area contributed by atoms with Gasteiger partial charge in [-0.05, 0) is 30.7 Å². The summed E-state index contributed by atoms with van der Waals surface area (Å²) < 4.78 is 17.8. The Morgan fingerprint density at radius 2 is 2.07 bits per heavy atom. The van der Waals surface area contributed by atoms with E-state index < -0.39 is 5.82 Å². The van der Waals surface area contributed by atoms with Crippen molar-refractivity contribution in [2.24, 2.45) is 0 Å². The maximum atomic E-state index is 13.3. The molecular weight excluding hydrogens is 425 g/mol. The van der Waals surface area contributed by atoms with Gasteiger partial charge in [-0.3, -0.25) is 0 Å². The third-order valence-electron chi connectivity index (χ3n) is 4.99. The van der Waals surface area contributed by atoms with E-state index in [1.807, 2.05) is 25.1 Å². The number of anilines is 2. The van der Waals surface area contributed by atoms with Crippen LogP contribution in [0.1, 0.15) is 18.3 Å². The van der Waals surface area contributed by atoms with E-state index >= 15 is 0 Å². The summed E-state index contributed by atoms with van der Waals surface area (Å²) in [5, 5.41) is 3.64. The fourth-order valence-electron chi connectivity index (χ4n) is 3.43. The minimum atomic E-state index is -0.514. The van der Waals surface area contributed by atoms with Gasteiger partial charge in [0.15, 0.2) is 0 Å². The summed E-state index contributed by atoms with van der Waals surface area (Å²) in [4.78, 5) is 21.3. The van der Waals surface area contributed by atoms with E-state index in [-0.39, 0.29) is 17.1 Å². The van der Waals surface area contributed by atoms with Crippen LogP contribution in [0.15, 0.2) is 48.5 Å². The Balaban J connectivity index is 1.36. The Morgan fingerprint density at radius 3 is 2.80 bits per heavy atom. The lowest BCUT2D eigenvalue weighted by Gasteiger charge is -2.39. The molecule has 0 spiro atoms. The van der Waals surface area contributed by atoms with Crippen molar-refractivity contribution in [2.75, 3.05) is 29.9 Å². The molecule has 0 saturated carbocycles. The molecule has 2 heterocycles. The summed E-state index contributed by atoms with van der Waals surface area (Å²) in [7, 11) is 0. The molecule has 1 unspecified atom stereocenters. The van der Waals surface area contributed by atoms with Crippen molar-refractivity contribution in [3.8, 4) is 0 Å². The summed E-state index contributed by atoms with van der Waals surface area (Å²) in [5.74, 6) is 0.294. The Bertz CT molecular complexity index is 1030. The molecule has 1 aliphatic heterocycles. The quantitative estimate of drug-likeness (QED) is 0.634. The number of carbonyl (C=O) groups excluding carboxylic acids is 1. The number of amides is 2. The number of hydrogen-bond donors (Lipinski definition) is 1. The van der Waals surface area contributed by atoms with E-state index in [4.69, 9.17) is 11.6 Å². The molecule has 1 fully saturated rings. The van der Waals surface area contributed by atoms with Crippen LogP contribution >= 0.6 is 23.1 Å². The number of urea groups is 1. The smallest absolute Gasteiger partial charge is 0.322 e. The number of nitrogens with one attached hydrogen (secondary N) is 1. The highest BCUT2D eigenvalue weighted by Crippen LogP contribution is 2.24. The van der Waals surface area contributed by atoms with Gasteiger partial charge in [-0.15, -0.1) is 0 Å². The van der Waals surface area contributed by atoms with Crippen molar-refractivity contribution < 1.29 is 9.18 Å². The highest BCUT2D eigenvalue weighted by molar-refractivity contribution is 7.09. The summed E-state index contributed by atoms with van der Waals surface area (Å²) in [6, 6.07) is 14.0. The van der Waals surface area contributed by atoms with E-state index in [1.165, 1.54) is 35.3 Å². The van der Waals surface area contributed by atoms with Gasteiger partial charge in [-0.2, -0.15) is 4.37 Å². The molecular formula is C21H21ClFN5OS. The Kier molecular flexibility index (Phi) is 6.15. The van der Waals surface area contributed by atoms with Crippen molar-refractivity contribution in [1.29, 1.82) is 0 Å². The predicted octanol–water partition coefficient (Wildman–Crippen LogP) is 4.66. The van der Waals surface area contributed by atoms with Crippen molar-refractivity contribution in [1.82, 2.24) is 14.3 Å². The number of benzene rings is 2. The molecule has 0 aliphatic carbocycles. The number of carbonyl (C=O) groups is 1. The maximum absolute atomic E-state index is 13.3. The zero-order valence-electron chi connectivity index (χ0n) is 16.4. The largest absolute Gasteiger partial charge is 0.343 e. The molecule has 30 heavy (non-hydrogen) atoms. The summed E-state index contributed by atoms with van der Waals surface area (Å²) >= 11 is 7.18. The van der Waals surface area contributed by atoms with Crippen LogP contribution < -0.4 is 10.2 Å². The lowest BCUT2D eigenvalue weighted by atomic mass is 10.1. The highest BCUT2D eigenvalue weighted by atomic mass is 35.5. The van der Waals surface area contributed by atoms with Crippen molar-refractivity contribution in [2.45, 2.75) is 19.4 Å². The topological polar surface area (TPSA) is 61.4 Å². The maximum Gasteiger partial charge on any atom is 0.322 e. The van der Waals surface area contributed by atoms with Crippen LogP contribution in [0.25, 0.3) is 0 Å². The number of piperazine rings is 1. The van der Waals surface area contributed by atoms with E-state index in [0.29, 0.717) is 31.7 Å². The average molecular weight is 446 g/mol. The number of hydrogen-bond acceptors (Lipinski definition) is 5. The van der Waals surface area contributed by atoms with Crippen LogP contribution in [0.3, 0.4) is 0 Å². The van der Waals surface area contributed by atoms with Crippen LogP contribution in [-0.4, -0.2) is 46.0 Å². The molecule has 2 amide bonds. The molecule has 1 aliphatic rings. The third kappa shape index (κ3) is 4.71. The first-order valence-corrected chi connectivity index (χ1v) is 10.8. The van der Waals surface area contributed by atoms with Gasteiger partial charge in [0.1, 0.15) is 11.6 Å². The molecule has 1 atom stereocenters. The number of aromatic nitrogens is 2. The molecule has 156 valence electrons. The SMILES string of the molecule is CC1CN(c2nc(Cc3ccccc3)ns2)CCN1C(=O)Nc1ccc(F)c(Cl)c1. The van der Waals surface area contributed by atoms with Crippen LogP contribution in [0.5, 0.6) is 0 Å². The second kappa shape index (κ2) is 8.97. The minimum absolute atomic E-state index is 0.0175. The molecule has 3 aromatic rings. The molecule has 2 aromatic carbocycles. The lowest BCUT2D eigenvalue weighted by molar-refractivity contribution is 0.185. The van der Waals surface area contributed by atoms with Gasteiger partial charge in [-0.1, -0.05) is 41.9 Å². The summed E-state index contributed by atoms with van der Waals surface area (Å²) in [6.45, 7) is 3.88. The molecule has 1 aromatic heterocycles. The standard InChI is InChI=1S/C21H21ClFN5OS/c1-14-13-27(21-25-19(26-30-21)11-15-5-3-2-4-6-15)9-10-28(14)20(29)24-16-7-8-18(23)17(22)12-16/h2-8,12,14H,9-11,13H2,1H3,(H,24,29). The van der Waals surface area contributed by atoms with Crippen LogP contribution in [-0.2, 0) is 6.42 Å². The lowest BCUT2D eigenvalue weighted by Crippen LogP contribution is -2.55. The van der Waals surface area contributed by atoms with Gasteiger partial charge in [-0.25, -0.2) is 14.2 Å². The number of rotatable bonds is 4. The Hall–Kier alpha value is -2.71. The molecule has 9 heteroatoms. The van der Waals surface area contributed by atoms with Crippen LogP contribution in [0, 0.1) is 5.82 Å².